The maximum absolute atomic E-state index is 12.1. The molecule has 0 aromatic carbocycles. The van der Waals surface area contributed by atoms with E-state index >= 15 is 0 Å². The molecule has 4 nitrogen and oxygen atoms in total. The summed E-state index contributed by atoms with van der Waals surface area (Å²) in [5.74, 6) is 1.71. The number of hydrogen-bond donors (Lipinski definition) is 0. The van der Waals surface area contributed by atoms with Crippen molar-refractivity contribution in [1.82, 2.24) is 0 Å². The first-order valence-corrected chi connectivity index (χ1v) is 12.3. The van der Waals surface area contributed by atoms with E-state index in [0.29, 0.717) is 17.3 Å². The first kappa shape index (κ1) is 21.9. The number of ether oxygens (including phenoxy) is 2. The number of fused-ring (bicyclic) bond motifs is 5. The molecule has 168 valence electrons. The summed E-state index contributed by atoms with van der Waals surface area (Å²) in [6.45, 7) is 11.3. The third kappa shape index (κ3) is 3.42. The van der Waals surface area contributed by atoms with Gasteiger partial charge in [0.2, 0.25) is 0 Å². The minimum Gasteiger partial charge on any atom is -0.458 e. The molecule has 0 aromatic rings. The molecule has 0 heterocycles. The van der Waals surface area contributed by atoms with Gasteiger partial charge in [-0.25, -0.2) is 9.59 Å². The lowest BCUT2D eigenvalue weighted by Crippen LogP contribution is -2.51. The molecular weight excluding hydrogens is 376 g/mol. The van der Waals surface area contributed by atoms with Crippen LogP contribution < -0.4 is 0 Å². The van der Waals surface area contributed by atoms with Crippen molar-refractivity contribution in [2.45, 2.75) is 92.1 Å². The molecule has 0 aliphatic heterocycles. The molecule has 0 spiro atoms. The molecule has 3 saturated carbocycles. The summed E-state index contributed by atoms with van der Waals surface area (Å²) in [6, 6.07) is 0. The normalized spacial score (nSPS) is 43.5. The highest BCUT2D eigenvalue weighted by molar-refractivity contribution is 6.29. The molecule has 30 heavy (non-hydrogen) atoms. The third-order valence-corrected chi connectivity index (χ3v) is 9.73. The van der Waals surface area contributed by atoms with Gasteiger partial charge in [0.1, 0.15) is 6.10 Å². The van der Waals surface area contributed by atoms with Gasteiger partial charge in [-0.2, -0.15) is 0 Å². The molecular formula is C26H40O4. The molecule has 4 rings (SSSR count). The fourth-order valence-corrected chi connectivity index (χ4v) is 8.14. The van der Waals surface area contributed by atoms with Gasteiger partial charge in [0.15, 0.2) is 0 Å². The fourth-order valence-electron chi connectivity index (χ4n) is 8.14. The zero-order chi connectivity index (χ0) is 21.7. The Morgan fingerprint density at radius 3 is 2.60 bits per heavy atom. The van der Waals surface area contributed by atoms with Crippen LogP contribution in [0.15, 0.2) is 11.6 Å². The zero-order valence-electron chi connectivity index (χ0n) is 19.5. The molecule has 0 radical (unpaired) electrons. The SMILES string of the molecule is CCOC(=O)C(=O)O[C@@H](C)[C@H]1CC[C@H]2[C@@H]3CC=C4C[C@@H](C)CC[C@]4(C)[C@H]3CC[C@]12C. The third-order valence-electron chi connectivity index (χ3n) is 9.73. The van der Waals surface area contributed by atoms with Gasteiger partial charge in [-0.1, -0.05) is 32.4 Å². The van der Waals surface area contributed by atoms with Crippen molar-refractivity contribution < 1.29 is 19.1 Å². The first-order valence-electron chi connectivity index (χ1n) is 12.3. The molecule has 0 unspecified atom stereocenters. The van der Waals surface area contributed by atoms with Gasteiger partial charge < -0.3 is 9.47 Å². The highest BCUT2D eigenvalue weighted by atomic mass is 16.6. The molecule has 0 aromatic heterocycles. The second-order valence-corrected chi connectivity index (χ2v) is 11.2. The summed E-state index contributed by atoms with van der Waals surface area (Å²) in [5, 5.41) is 0. The van der Waals surface area contributed by atoms with Gasteiger partial charge in [0, 0.05) is 5.92 Å². The molecule has 4 aliphatic rings. The van der Waals surface area contributed by atoms with Crippen LogP contribution in [0.3, 0.4) is 0 Å². The van der Waals surface area contributed by atoms with Gasteiger partial charge >= 0.3 is 11.9 Å². The minimum absolute atomic E-state index is 0.194. The highest BCUT2D eigenvalue weighted by Gasteiger charge is 2.59. The number of rotatable bonds is 3. The molecule has 0 amide bonds. The summed E-state index contributed by atoms with van der Waals surface area (Å²) in [7, 11) is 0. The monoisotopic (exact) mass is 416 g/mol. The van der Waals surface area contributed by atoms with Crippen LogP contribution in [0.1, 0.15) is 86.0 Å². The molecule has 0 N–H and O–H groups in total. The topological polar surface area (TPSA) is 52.6 Å². The average Bonchev–Trinajstić information content (AvgIpc) is 3.06. The maximum atomic E-state index is 12.1. The Morgan fingerprint density at radius 1 is 1.10 bits per heavy atom. The lowest BCUT2D eigenvalue weighted by Gasteiger charge is -2.58. The highest BCUT2D eigenvalue weighted by Crippen LogP contribution is 2.67. The minimum atomic E-state index is -0.864. The van der Waals surface area contributed by atoms with Gasteiger partial charge in [0.05, 0.1) is 6.61 Å². The summed E-state index contributed by atoms with van der Waals surface area (Å²) in [4.78, 5) is 23.8. The van der Waals surface area contributed by atoms with Crippen molar-refractivity contribution in [2.24, 2.45) is 40.4 Å². The molecule has 8 atom stereocenters. The van der Waals surface area contributed by atoms with Crippen LogP contribution in [0.25, 0.3) is 0 Å². The van der Waals surface area contributed by atoms with E-state index in [1.807, 2.05) is 6.92 Å². The van der Waals surface area contributed by atoms with E-state index in [1.54, 1.807) is 12.5 Å². The summed E-state index contributed by atoms with van der Waals surface area (Å²) in [6.07, 6.45) is 12.4. The van der Waals surface area contributed by atoms with Crippen LogP contribution in [0.2, 0.25) is 0 Å². The Kier molecular flexibility index (Phi) is 5.83. The standard InChI is InChI=1S/C26H40O4/c1-6-29-23(27)24(28)30-17(3)20-9-10-21-19-8-7-18-15-16(2)11-13-25(18,4)22(19)12-14-26(20,21)5/h7,16-17,19-22H,6,8-15H2,1-5H3/t16-,17-,19-,20+,21-,22-,25-,26+/m0/s1. The van der Waals surface area contributed by atoms with Crippen molar-refractivity contribution in [3.63, 3.8) is 0 Å². The Hall–Kier alpha value is -1.32. The van der Waals surface area contributed by atoms with E-state index in [1.165, 1.54) is 44.9 Å². The van der Waals surface area contributed by atoms with Crippen molar-refractivity contribution >= 4 is 11.9 Å². The molecule has 0 saturated heterocycles. The Morgan fingerprint density at radius 2 is 1.87 bits per heavy atom. The van der Waals surface area contributed by atoms with E-state index in [4.69, 9.17) is 9.47 Å². The Balaban J connectivity index is 1.50. The van der Waals surface area contributed by atoms with E-state index in [-0.39, 0.29) is 18.1 Å². The van der Waals surface area contributed by atoms with Crippen molar-refractivity contribution in [2.75, 3.05) is 6.61 Å². The Labute approximate surface area is 182 Å². The van der Waals surface area contributed by atoms with Gasteiger partial charge in [-0.3, -0.25) is 0 Å². The summed E-state index contributed by atoms with van der Waals surface area (Å²) >= 11 is 0. The largest absolute Gasteiger partial charge is 0.458 e. The second kappa shape index (κ2) is 7.98. The quantitative estimate of drug-likeness (QED) is 0.337. The average molecular weight is 417 g/mol. The zero-order valence-corrected chi connectivity index (χ0v) is 19.5. The summed E-state index contributed by atoms with van der Waals surface area (Å²) < 4.78 is 10.4. The molecule has 0 bridgehead atoms. The van der Waals surface area contributed by atoms with E-state index < -0.39 is 11.9 Å². The van der Waals surface area contributed by atoms with Crippen LogP contribution in [-0.2, 0) is 19.1 Å². The summed E-state index contributed by atoms with van der Waals surface area (Å²) in [5.41, 5.74) is 2.34. The van der Waals surface area contributed by atoms with Crippen LogP contribution in [0, 0.1) is 40.4 Å². The van der Waals surface area contributed by atoms with Gasteiger partial charge in [-0.05, 0) is 99.7 Å². The van der Waals surface area contributed by atoms with Crippen LogP contribution >= 0.6 is 0 Å². The van der Waals surface area contributed by atoms with Gasteiger partial charge in [0.25, 0.3) is 0 Å². The maximum Gasteiger partial charge on any atom is 0.417 e. The number of allylic oxidation sites excluding steroid dienone is 2. The lowest BCUT2D eigenvalue weighted by molar-refractivity contribution is -0.174. The van der Waals surface area contributed by atoms with Gasteiger partial charge in [-0.15, -0.1) is 0 Å². The van der Waals surface area contributed by atoms with E-state index in [2.05, 4.69) is 26.8 Å². The molecule has 4 aliphatic carbocycles. The fraction of sp³-hybridized carbons (Fsp3) is 0.846. The van der Waals surface area contributed by atoms with E-state index in [9.17, 15) is 9.59 Å². The van der Waals surface area contributed by atoms with E-state index in [0.717, 1.165) is 24.2 Å². The smallest absolute Gasteiger partial charge is 0.417 e. The van der Waals surface area contributed by atoms with Crippen LogP contribution in [0.4, 0.5) is 0 Å². The number of carbonyl (C=O) groups excluding carboxylic acids is 2. The number of carbonyl (C=O) groups is 2. The number of esters is 2. The van der Waals surface area contributed by atoms with Crippen molar-refractivity contribution in [3.05, 3.63) is 11.6 Å². The predicted molar refractivity (Wildman–Crippen MR) is 117 cm³/mol. The van der Waals surface area contributed by atoms with Crippen molar-refractivity contribution in [3.8, 4) is 0 Å². The molecule has 4 heteroatoms. The predicted octanol–water partition coefficient (Wildman–Crippen LogP) is 5.70. The first-order chi connectivity index (χ1) is 14.2. The van der Waals surface area contributed by atoms with Crippen molar-refractivity contribution in [1.29, 1.82) is 0 Å². The molecule has 3 fully saturated rings. The number of hydrogen-bond acceptors (Lipinski definition) is 4. The lowest BCUT2D eigenvalue weighted by atomic mass is 9.47. The Bertz CT molecular complexity index is 727. The second-order valence-electron chi connectivity index (χ2n) is 11.2. The van der Waals surface area contributed by atoms with Crippen LogP contribution in [0.5, 0.6) is 0 Å². The van der Waals surface area contributed by atoms with Crippen LogP contribution in [-0.4, -0.2) is 24.6 Å².